The van der Waals surface area contributed by atoms with Crippen LogP contribution in [0.5, 0.6) is 0 Å². The minimum atomic E-state index is -0.209. The quantitative estimate of drug-likeness (QED) is 0.879. The number of halogens is 1. The Balaban J connectivity index is 2.00. The second kappa shape index (κ2) is 4.50. The standard InChI is InChI=1S/C15H15FN2/c16-14-8-11(3-4-12(14)9-17)13-6-5-10-2-1-7-18-15(10)13/h1-4,7-8,13H,5-6,9,17H2. The summed E-state index contributed by atoms with van der Waals surface area (Å²) >= 11 is 0. The zero-order valence-electron chi connectivity index (χ0n) is 10.1. The molecule has 1 heterocycles. The van der Waals surface area contributed by atoms with E-state index >= 15 is 0 Å². The van der Waals surface area contributed by atoms with Crippen LogP contribution in [-0.4, -0.2) is 4.98 Å². The van der Waals surface area contributed by atoms with Gasteiger partial charge >= 0.3 is 0 Å². The van der Waals surface area contributed by atoms with Crippen LogP contribution in [0.3, 0.4) is 0 Å². The number of hydrogen-bond acceptors (Lipinski definition) is 2. The molecule has 1 aromatic heterocycles. The van der Waals surface area contributed by atoms with Crippen molar-refractivity contribution in [2.75, 3.05) is 0 Å². The lowest BCUT2D eigenvalue weighted by atomic mass is 9.95. The van der Waals surface area contributed by atoms with Crippen LogP contribution >= 0.6 is 0 Å². The van der Waals surface area contributed by atoms with Gasteiger partial charge in [-0.15, -0.1) is 0 Å². The second-order valence-corrected chi connectivity index (χ2v) is 4.69. The maximum absolute atomic E-state index is 13.8. The fourth-order valence-electron chi connectivity index (χ4n) is 2.68. The van der Waals surface area contributed by atoms with Crippen LogP contribution in [-0.2, 0) is 13.0 Å². The van der Waals surface area contributed by atoms with Crippen LogP contribution < -0.4 is 5.73 Å². The lowest BCUT2D eigenvalue weighted by molar-refractivity contribution is 0.605. The summed E-state index contributed by atoms with van der Waals surface area (Å²) in [6.45, 7) is 0.242. The van der Waals surface area contributed by atoms with Crippen molar-refractivity contribution in [2.45, 2.75) is 25.3 Å². The van der Waals surface area contributed by atoms with Gasteiger partial charge in [-0.05, 0) is 36.1 Å². The van der Waals surface area contributed by atoms with Crippen LogP contribution in [0.2, 0.25) is 0 Å². The highest BCUT2D eigenvalue weighted by molar-refractivity contribution is 5.39. The van der Waals surface area contributed by atoms with E-state index in [4.69, 9.17) is 5.73 Å². The molecule has 3 rings (SSSR count). The highest BCUT2D eigenvalue weighted by Gasteiger charge is 2.25. The summed E-state index contributed by atoms with van der Waals surface area (Å²) in [4.78, 5) is 4.44. The highest BCUT2D eigenvalue weighted by Crippen LogP contribution is 2.36. The van der Waals surface area contributed by atoms with E-state index < -0.39 is 0 Å². The van der Waals surface area contributed by atoms with Crippen molar-refractivity contribution >= 4 is 0 Å². The van der Waals surface area contributed by atoms with Crippen molar-refractivity contribution in [2.24, 2.45) is 5.73 Å². The SMILES string of the molecule is NCc1ccc(C2CCc3cccnc32)cc1F. The monoisotopic (exact) mass is 242 g/mol. The van der Waals surface area contributed by atoms with Crippen molar-refractivity contribution in [3.05, 3.63) is 64.7 Å². The molecule has 1 unspecified atom stereocenters. The van der Waals surface area contributed by atoms with Gasteiger partial charge in [0.25, 0.3) is 0 Å². The van der Waals surface area contributed by atoms with E-state index in [0.717, 1.165) is 24.1 Å². The first-order chi connectivity index (χ1) is 8.79. The smallest absolute Gasteiger partial charge is 0.127 e. The molecule has 1 aromatic carbocycles. The molecule has 0 bridgehead atoms. The van der Waals surface area contributed by atoms with Gasteiger partial charge in [0.2, 0.25) is 0 Å². The lowest BCUT2D eigenvalue weighted by Crippen LogP contribution is -2.03. The first kappa shape index (κ1) is 11.4. The van der Waals surface area contributed by atoms with Gasteiger partial charge in [0.05, 0.1) is 5.69 Å². The van der Waals surface area contributed by atoms with Crippen LogP contribution in [0, 0.1) is 5.82 Å². The highest BCUT2D eigenvalue weighted by atomic mass is 19.1. The lowest BCUT2D eigenvalue weighted by Gasteiger charge is -2.12. The van der Waals surface area contributed by atoms with E-state index in [1.807, 2.05) is 18.3 Å². The van der Waals surface area contributed by atoms with E-state index in [-0.39, 0.29) is 18.3 Å². The molecular weight excluding hydrogens is 227 g/mol. The Labute approximate surface area is 106 Å². The summed E-state index contributed by atoms with van der Waals surface area (Å²) in [5.41, 5.74) is 9.43. The van der Waals surface area contributed by atoms with Crippen molar-refractivity contribution in [1.82, 2.24) is 4.98 Å². The van der Waals surface area contributed by atoms with E-state index in [1.54, 1.807) is 12.1 Å². The van der Waals surface area contributed by atoms with Crippen molar-refractivity contribution in [3.8, 4) is 0 Å². The molecule has 0 spiro atoms. The number of pyridine rings is 1. The van der Waals surface area contributed by atoms with Gasteiger partial charge in [-0.3, -0.25) is 4.98 Å². The molecule has 3 heteroatoms. The molecule has 2 aromatic rings. The minimum absolute atomic E-state index is 0.209. The first-order valence-electron chi connectivity index (χ1n) is 6.22. The van der Waals surface area contributed by atoms with Gasteiger partial charge < -0.3 is 5.73 Å². The number of nitrogens with two attached hydrogens (primary N) is 1. The minimum Gasteiger partial charge on any atom is -0.326 e. The zero-order valence-corrected chi connectivity index (χ0v) is 10.1. The topological polar surface area (TPSA) is 38.9 Å². The van der Waals surface area contributed by atoms with E-state index in [1.165, 1.54) is 5.56 Å². The van der Waals surface area contributed by atoms with Gasteiger partial charge in [-0.25, -0.2) is 4.39 Å². The van der Waals surface area contributed by atoms with Crippen LogP contribution in [0.1, 0.15) is 34.7 Å². The molecule has 1 atom stereocenters. The Hall–Kier alpha value is -1.74. The van der Waals surface area contributed by atoms with E-state index in [2.05, 4.69) is 11.1 Å². The first-order valence-corrected chi connectivity index (χ1v) is 6.22. The molecule has 0 fully saturated rings. The molecular formula is C15H15FN2. The third-order valence-corrected chi connectivity index (χ3v) is 3.66. The molecule has 2 nitrogen and oxygen atoms in total. The molecule has 0 radical (unpaired) electrons. The van der Waals surface area contributed by atoms with Crippen LogP contribution in [0.25, 0.3) is 0 Å². The Morgan fingerprint density at radius 2 is 2.22 bits per heavy atom. The number of fused-ring (bicyclic) bond motifs is 1. The number of nitrogens with zero attached hydrogens (tertiary/aromatic N) is 1. The molecule has 0 saturated carbocycles. The summed E-state index contributed by atoms with van der Waals surface area (Å²) in [6, 6.07) is 9.42. The van der Waals surface area contributed by atoms with Crippen LogP contribution in [0.15, 0.2) is 36.5 Å². The average molecular weight is 242 g/mol. The molecule has 1 aliphatic rings. The Morgan fingerprint density at radius 1 is 1.33 bits per heavy atom. The van der Waals surface area contributed by atoms with E-state index in [9.17, 15) is 4.39 Å². The fourth-order valence-corrected chi connectivity index (χ4v) is 2.68. The summed E-state index contributed by atoms with van der Waals surface area (Å²) in [5, 5.41) is 0. The Bertz CT molecular complexity index is 580. The summed E-state index contributed by atoms with van der Waals surface area (Å²) < 4.78 is 13.8. The number of benzene rings is 1. The largest absolute Gasteiger partial charge is 0.326 e. The summed E-state index contributed by atoms with van der Waals surface area (Å²) in [5.74, 6) is 0.0157. The summed E-state index contributed by atoms with van der Waals surface area (Å²) in [6.07, 6.45) is 3.84. The molecule has 18 heavy (non-hydrogen) atoms. The van der Waals surface area contributed by atoms with Gasteiger partial charge in [-0.2, -0.15) is 0 Å². The third-order valence-electron chi connectivity index (χ3n) is 3.66. The van der Waals surface area contributed by atoms with Gasteiger partial charge in [0.1, 0.15) is 5.82 Å². The average Bonchev–Trinajstić information content (AvgIpc) is 2.82. The number of aryl methyl sites for hydroxylation is 1. The molecule has 92 valence electrons. The molecule has 0 aliphatic heterocycles. The Morgan fingerprint density at radius 3 is 3.00 bits per heavy atom. The second-order valence-electron chi connectivity index (χ2n) is 4.69. The molecule has 0 saturated heterocycles. The predicted molar refractivity (Wildman–Crippen MR) is 68.7 cm³/mol. The predicted octanol–water partition coefficient (Wildman–Crippen LogP) is 2.76. The maximum atomic E-state index is 13.8. The van der Waals surface area contributed by atoms with Crippen molar-refractivity contribution in [1.29, 1.82) is 0 Å². The Kier molecular flexibility index (Phi) is 2.84. The molecule has 2 N–H and O–H groups in total. The number of rotatable bonds is 2. The van der Waals surface area contributed by atoms with E-state index in [0.29, 0.717) is 5.56 Å². The van der Waals surface area contributed by atoms with Gasteiger partial charge in [0.15, 0.2) is 0 Å². The van der Waals surface area contributed by atoms with Crippen molar-refractivity contribution < 1.29 is 4.39 Å². The number of aromatic nitrogens is 1. The van der Waals surface area contributed by atoms with Gasteiger partial charge in [0, 0.05) is 24.2 Å². The number of hydrogen-bond donors (Lipinski definition) is 1. The molecule has 1 aliphatic carbocycles. The zero-order chi connectivity index (χ0) is 12.5. The third kappa shape index (κ3) is 1.81. The summed E-state index contributed by atoms with van der Waals surface area (Å²) in [7, 11) is 0. The normalized spacial score (nSPS) is 17.8. The molecule has 0 amide bonds. The van der Waals surface area contributed by atoms with Crippen molar-refractivity contribution in [3.63, 3.8) is 0 Å². The maximum Gasteiger partial charge on any atom is 0.127 e. The fraction of sp³-hybridized carbons (Fsp3) is 0.267. The van der Waals surface area contributed by atoms with Gasteiger partial charge in [-0.1, -0.05) is 18.2 Å². The van der Waals surface area contributed by atoms with Crippen LogP contribution in [0.4, 0.5) is 4.39 Å².